The molecule has 9 heteroatoms. The Balaban J connectivity index is 1.23. The number of thiophene rings is 1. The molecule has 1 fully saturated rings. The number of piperazine rings is 1. The van der Waals surface area contributed by atoms with Gasteiger partial charge in [0.15, 0.2) is 0 Å². The molecule has 0 saturated carbocycles. The number of aromatic nitrogens is 2. The minimum absolute atomic E-state index is 0.342. The molecule has 2 aromatic carbocycles. The zero-order valence-corrected chi connectivity index (χ0v) is 20.3. The largest absolute Gasteiger partial charge is 0.419 e. The molecule has 0 aliphatic carbocycles. The lowest BCUT2D eigenvalue weighted by Gasteiger charge is -2.33. The van der Waals surface area contributed by atoms with Crippen LogP contribution in [0.5, 0.6) is 0 Å². The highest BCUT2D eigenvalue weighted by Crippen LogP contribution is 2.31. The van der Waals surface area contributed by atoms with Crippen LogP contribution in [0.4, 0.5) is 0 Å². The summed E-state index contributed by atoms with van der Waals surface area (Å²) in [4.78, 5) is 4.82. The van der Waals surface area contributed by atoms with Gasteiger partial charge in [-0.3, -0.25) is 4.90 Å². The van der Waals surface area contributed by atoms with Gasteiger partial charge >= 0.3 is 0 Å². The Morgan fingerprint density at radius 3 is 2.48 bits per heavy atom. The van der Waals surface area contributed by atoms with Crippen molar-refractivity contribution in [2.75, 3.05) is 26.2 Å². The van der Waals surface area contributed by atoms with Gasteiger partial charge in [-0.05, 0) is 47.9 Å². The minimum atomic E-state index is -3.53. The van der Waals surface area contributed by atoms with E-state index in [4.69, 9.17) is 4.42 Å². The number of fused-ring (bicyclic) bond motifs is 1. The van der Waals surface area contributed by atoms with Crippen molar-refractivity contribution >= 4 is 32.1 Å². The number of aryl methyl sites for hydroxylation is 2. The summed E-state index contributed by atoms with van der Waals surface area (Å²) in [5, 5.41) is 10.4. The average Bonchev–Trinajstić information content (AvgIpc) is 3.45. The molecule has 0 atom stereocenters. The number of benzene rings is 2. The van der Waals surface area contributed by atoms with Crippen LogP contribution in [0.1, 0.15) is 23.3 Å². The summed E-state index contributed by atoms with van der Waals surface area (Å²) in [6, 6.07) is 15.2. The van der Waals surface area contributed by atoms with Crippen molar-refractivity contribution in [3.8, 4) is 10.8 Å². The van der Waals surface area contributed by atoms with E-state index in [2.05, 4.69) is 35.0 Å². The fourth-order valence-corrected chi connectivity index (χ4v) is 6.68. The molecular weight excluding hydrogens is 456 g/mol. The molecule has 4 aromatic rings. The zero-order chi connectivity index (χ0) is 23.0. The van der Waals surface area contributed by atoms with Crippen molar-refractivity contribution in [2.45, 2.75) is 31.7 Å². The first-order chi connectivity index (χ1) is 15.9. The lowest BCUT2D eigenvalue weighted by Crippen LogP contribution is -2.48. The summed E-state index contributed by atoms with van der Waals surface area (Å²) >= 11 is 1.69. The molecule has 7 nitrogen and oxygen atoms in total. The third-order valence-corrected chi connectivity index (χ3v) is 9.33. The van der Waals surface area contributed by atoms with Gasteiger partial charge < -0.3 is 4.42 Å². The van der Waals surface area contributed by atoms with Gasteiger partial charge in [-0.2, -0.15) is 4.31 Å². The number of rotatable bonds is 6. The summed E-state index contributed by atoms with van der Waals surface area (Å²) < 4.78 is 33.8. The molecule has 0 spiro atoms. The predicted molar refractivity (Wildman–Crippen MR) is 130 cm³/mol. The van der Waals surface area contributed by atoms with Crippen LogP contribution in [0.2, 0.25) is 0 Å². The highest BCUT2D eigenvalue weighted by atomic mass is 32.2. The molecule has 1 saturated heterocycles. The van der Waals surface area contributed by atoms with Crippen LogP contribution in [0.25, 0.3) is 21.5 Å². The number of nitrogens with zero attached hydrogens (tertiary/aromatic N) is 4. The van der Waals surface area contributed by atoms with Crippen LogP contribution in [-0.2, 0) is 23.0 Å². The second-order valence-electron chi connectivity index (χ2n) is 8.26. The highest BCUT2D eigenvalue weighted by Gasteiger charge is 2.29. The lowest BCUT2D eigenvalue weighted by atomic mass is 10.1. The van der Waals surface area contributed by atoms with Gasteiger partial charge in [-0.1, -0.05) is 37.3 Å². The van der Waals surface area contributed by atoms with E-state index >= 15 is 0 Å². The number of hydrogen-bond donors (Lipinski definition) is 0. The summed E-state index contributed by atoms with van der Waals surface area (Å²) in [5.41, 5.74) is 1.25. The Bertz CT molecular complexity index is 1390. The van der Waals surface area contributed by atoms with Gasteiger partial charge in [-0.25, -0.2) is 8.42 Å². The monoisotopic (exact) mass is 482 g/mol. The molecule has 2 aromatic heterocycles. The first kappa shape index (κ1) is 22.2. The molecule has 5 rings (SSSR count). The topological polar surface area (TPSA) is 79.5 Å². The average molecular weight is 483 g/mol. The van der Waals surface area contributed by atoms with E-state index < -0.39 is 10.0 Å². The van der Waals surface area contributed by atoms with E-state index in [1.165, 1.54) is 10.4 Å². The molecule has 0 radical (unpaired) electrons. The molecule has 33 heavy (non-hydrogen) atoms. The van der Waals surface area contributed by atoms with Crippen LogP contribution in [-0.4, -0.2) is 54.0 Å². The maximum absolute atomic E-state index is 13.2. The Labute approximate surface area is 197 Å². The second kappa shape index (κ2) is 8.98. The Morgan fingerprint density at radius 1 is 1.00 bits per heavy atom. The van der Waals surface area contributed by atoms with E-state index in [0.717, 1.165) is 22.1 Å². The van der Waals surface area contributed by atoms with Crippen LogP contribution in [0, 0.1) is 6.92 Å². The van der Waals surface area contributed by atoms with E-state index in [0.29, 0.717) is 49.4 Å². The third-order valence-electron chi connectivity index (χ3n) is 6.07. The number of hydrogen-bond acceptors (Lipinski definition) is 7. The zero-order valence-electron chi connectivity index (χ0n) is 18.7. The maximum atomic E-state index is 13.2. The fraction of sp³-hybridized carbons (Fsp3) is 0.333. The van der Waals surface area contributed by atoms with Crippen LogP contribution in [0.3, 0.4) is 0 Å². The third kappa shape index (κ3) is 4.46. The van der Waals surface area contributed by atoms with E-state index in [-0.39, 0.29) is 0 Å². The quantitative estimate of drug-likeness (QED) is 0.407. The minimum Gasteiger partial charge on any atom is -0.419 e. The predicted octanol–water partition coefficient (Wildman–Crippen LogP) is 4.33. The maximum Gasteiger partial charge on any atom is 0.257 e. The number of sulfonamides is 1. The SMILES string of the molecule is CCc1sc(-c2nnc(CN3CCN(S(=O)(=O)c4ccc5ccccc5c4)CC3)o2)cc1C. The van der Waals surface area contributed by atoms with Gasteiger partial charge in [0.25, 0.3) is 5.89 Å². The molecule has 1 aliphatic heterocycles. The van der Waals surface area contributed by atoms with Gasteiger partial charge in [0.05, 0.1) is 16.3 Å². The summed E-state index contributed by atoms with van der Waals surface area (Å²) in [6.45, 7) is 6.84. The van der Waals surface area contributed by atoms with Crippen LogP contribution >= 0.6 is 11.3 Å². The van der Waals surface area contributed by atoms with Crippen molar-refractivity contribution in [3.63, 3.8) is 0 Å². The first-order valence-electron chi connectivity index (χ1n) is 11.1. The second-order valence-corrected chi connectivity index (χ2v) is 11.3. The smallest absolute Gasteiger partial charge is 0.257 e. The van der Waals surface area contributed by atoms with Crippen molar-refractivity contribution in [2.24, 2.45) is 0 Å². The molecule has 3 heterocycles. The molecule has 0 bridgehead atoms. The summed E-state index contributed by atoms with van der Waals surface area (Å²) in [5.74, 6) is 1.11. The van der Waals surface area contributed by atoms with Crippen molar-refractivity contribution < 1.29 is 12.8 Å². The van der Waals surface area contributed by atoms with Gasteiger partial charge in [0, 0.05) is 31.1 Å². The van der Waals surface area contributed by atoms with Crippen molar-refractivity contribution in [1.29, 1.82) is 0 Å². The fourth-order valence-electron chi connectivity index (χ4n) is 4.19. The normalized spacial score (nSPS) is 15.9. The Kier molecular flexibility index (Phi) is 6.05. The summed E-state index contributed by atoms with van der Waals surface area (Å²) in [6.07, 6.45) is 0.990. The first-order valence-corrected chi connectivity index (χ1v) is 13.3. The molecule has 1 aliphatic rings. The Morgan fingerprint density at radius 2 is 1.76 bits per heavy atom. The molecule has 0 N–H and O–H groups in total. The van der Waals surface area contributed by atoms with Gasteiger partial charge in [0.2, 0.25) is 15.9 Å². The molecule has 172 valence electrons. The van der Waals surface area contributed by atoms with Gasteiger partial charge in [-0.15, -0.1) is 21.5 Å². The highest BCUT2D eigenvalue weighted by molar-refractivity contribution is 7.89. The molecular formula is C24H26N4O3S2. The van der Waals surface area contributed by atoms with Crippen LogP contribution in [0.15, 0.2) is 57.8 Å². The summed E-state index contributed by atoms with van der Waals surface area (Å²) in [7, 11) is -3.53. The van der Waals surface area contributed by atoms with Gasteiger partial charge in [0.1, 0.15) is 0 Å². The lowest BCUT2D eigenvalue weighted by molar-refractivity contribution is 0.168. The van der Waals surface area contributed by atoms with E-state index in [1.807, 2.05) is 30.3 Å². The van der Waals surface area contributed by atoms with Crippen molar-refractivity contribution in [1.82, 2.24) is 19.4 Å². The Hall–Kier alpha value is -2.59. The van der Waals surface area contributed by atoms with Crippen molar-refractivity contribution in [3.05, 3.63) is 64.9 Å². The molecule has 0 unspecified atom stereocenters. The van der Waals surface area contributed by atoms with E-state index in [1.54, 1.807) is 27.8 Å². The van der Waals surface area contributed by atoms with E-state index in [9.17, 15) is 8.42 Å². The standard InChI is InChI=1S/C24H26N4O3S2/c1-3-21-17(2)14-22(32-21)24-26-25-23(31-24)16-27-10-12-28(13-11-27)33(29,30)20-9-8-18-6-4-5-7-19(18)15-20/h4-9,14-15H,3,10-13,16H2,1-2H3. The van der Waals surface area contributed by atoms with Crippen LogP contribution < -0.4 is 0 Å². The molecule has 0 amide bonds.